The van der Waals surface area contributed by atoms with Crippen LogP contribution < -0.4 is 9.64 Å². The molecule has 0 unspecified atom stereocenters. The number of anilines is 2. The summed E-state index contributed by atoms with van der Waals surface area (Å²) < 4.78 is 11.2. The highest BCUT2D eigenvalue weighted by atomic mass is 35.5. The lowest BCUT2D eigenvalue weighted by molar-refractivity contribution is 0.0284. The molecule has 2 atom stereocenters. The Labute approximate surface area is 219 Å². The SMILES string of the molecule is COc1cc(N(C[C@H]2CN(C(=O)OC(C)(C)C)C[C@@H]2Cc2ccccc2)c2ccccc2)ccc1Cl. The molecule has 0 radical (unpaired) electrons. The van der Waals surface area contributed by atoms with Crippen molar-refractivity contribution in [2.75, 3.05) is 31.6 Å². The number of ether oxygens (including phenoxy) is 2. The van der Waals surface area contributed by atoms with Gasteiger partial charge in [0.1, 0.15) is 11.4 Å². The Balaban J connectivity index is 1.65. The number of amides is 1. The second-order valence-corrected chi connectivity index (χ2v) is 10.8. The number of rotatable bonds is 7. The molecule has 190 valence electrons. The lowest BCUT2D eigenvalue weighted by Gasteiger charge is -2.30. The molecule has 36 heavy (non-hydrogen) atoms. The Kier molecular flexibility index (Phi) is 8.10. The highest BCUT2D eigenvalue weighted by Crippen LogP contribution is 2.36. The van der Waals surface area contributed by atoms with Gasteiger partial charge in [0.15, 0.2) is 0 Å². The smallest absolute Gasteiger partial charge is 0.410 e. The summed E-state index contributed by atoms with van der Waals surface area (Å²) in [7, 11) is 1.63. The minimum Gasteiger partial charge on any atom is -0.495 e. The fraction of sp³-hybridized carbons (Fsp3) is 0.367. The number of carbonyl (C=O) groups excluding carboxylic acids is 1. The maximum Gasteiger partial charge on any atom is 0.410 e. The third kappa shape index (κ3) is 6.52. The van der Waals surface area contributed by atoms with Gasteiger partial charge in [-0.25, -0.2) is 4.79 Å². The maximum absolute atomic E-state index is 13.0. The number of nitrogens with zero attached hydrogens (tertiary/aromatic N) is 2. The van der Waals surface area contributed by atoms with Crippen LogP contribution in [0.25, 0.3) is 0 Å². The highest BCUT2D eigenvalue weighted by Gasteiger charge is 2.38. The molecular formula is C30H35ClN2O3. The molecule has 1 aliphatic rings. The van der Waals surface area contributed by atoms with Gasteiger partial charge in [0.2, 0.25) is 0 Å². The summed E-state index contributed by atoms with van der Waals surface area (Å²) >= 11 is 6.34. The van der Waals surface area contributed by atoms with Crippen LogP contribution in [-0.2, 0) is 11.2 Å². The lowest BCUT2D eigenvalue weighted by Crippen LogP contribution is -2.36. The Hall–Kier alpha value is -3.18. The first kappa shape index (κ1) is 25.9. The maximum atomic E-state index is 13.0. The molecule has 0 bridgehead atoms. The number of para-hydroxylation sites is 1. The fourth-order valence-electron chi connectivity index (χ4n) is 4.79. The zero-order valence-electron chi connectivity index (χ0n) is 21.5. The van der Waals surface area contributed by atoms with Crippen LogP contribution in [0.4, 0.5) is 16.2 Å². The monoisotopic (exact) mass is 506 g/mol. The lowest BCUT2D eigenvalue weighted by atomic mass is 9.89. The molecular weight excluding hydrogens is 472 g/mol. The van der Waals surface area contributed by atoms with Crippen molar-refractivity contribution in [2.45, 2.75) is 32.8 Å². The fourth-order valence-corrected chi connectivity index (χ4v) is 4.98. The first-order valence-electron chi connectivity index (χ1n) is 12.4. The first-order valence-corrected chi connectivity index (χ1v) is 12.8. The Bertz CT molecular complexity index is 1150. The zero-order valence-corrected chi connectivity index (χ0v) is 22.2. The van der Waals surface area contributed by atoms with Crippen molar-refractivity contribution in [3.05, 3.63) is 89.4 Å². The molecule has 3 aromatic rings. The third-order valence-corrected chi connectivity index (χ3v) is 6.81. The Morgan fingerprint density at radius 2 is 1.58 bits per heavy atom. The third-order valence-electron chi connectivity index (χ3n) is 6.50. The number of hydrogen-bond donors (Lipinski definition) is 0. The van der Waals surface area contributed by atoms with Crippen LogP contribution in [0.2, 0.25) is 5.02 Å². The van der Waals surface area contributed by atoms with Crippen molar-refractivity contribution in [1.82, 2.24) is 4.90 Å². The summed E-state index contributed by atoms with van der Waals surface area (Å²) in [5, 5.41) is 0.577. The summed E-state index contributed by atoms with van der Waals surface area (Å²) in [6, 6.07) is 26.7. The van der Waals surface area contributed by atoms with E-state index in [1.54, 1.807) is 7.11 Å². The van der Waals surface area contributed by atoms with Gasteiger partial charge < -0.3 is 19.3 Å². The molecule has 4 rings (SSSR count). The zero-order chi connectivity index (χ0) is 25.7. The summed E-state index contributed by atoms with van der Waals surface area (Å²) in [6.45, 7) is 7.77. The van der Waals surface area contributed by atoms with E-state index in [-0.39, 0.29) is 12.0 Å². The summed E-state index contributed by atoms with van der Waals surface area (Å²) in [6.07, 6.45) is 0.652. The summed E-state index contributed by atoms with van der Waals surface area (Å²) in [5.41, 5.74) is 2.82. The topological polar surface area (TPSA) is 42.0 Å². The Morgan fingerprint density at radius 3 is 2.22 bits per heavy atom. The van der Waals surface area contributed by atoms with Crippen LogP contribution in [-0.4, -0.2) is 43.3 Å². The molecule has 3 aromatic carbocycles. The molecule has 6 heteroatoms. The van der Waals surface area contributed by atoms with Crippen molar-refractivity contribution < 1.29 is 14.3 Å². The number of hydrogen-bond acceptors (Lipinski definition) is 4. The van der Waals surface area contributed by atoms with Gasteiger partial charge in [-0.05, 0) is 68.9 Å². The molecule has 0 aromatic heterocycles. The number of methoxy groups -OCH3 is 1. The summed E-state index contributed by atoms with van der Waals surface area (Å²) in [4.78, 5) is 17.2. The Morgan fingerprint density at radius 1 is 0.944 bits per heavy atom. The average molecular weight is 507 g/mol. The van der Waals surface area contributed by atoms with Crippen molar-refractivity contribution in [2.24, 2.45) is 11.8 Å². The van der Waals surface area contributed by atoms with E-state index in [9.17, 15) is 4.79 Å². The van der Waals surface area contributed by atoms with Gasteiger partial charge in [0.05, 0.1) is 12.1 Å². The quantitative estimate of drug-likeness (QED) is 0.339. The number of halogens is 1. The number of benzene rings is 3. The standard InChI is InChI=1S/C30H35ClN2O3/c1-30(2,3)36-29(34)32-19-23(17-22-11-7-5-8-12-22)24(20-32)21-33(25-13-9-6-10-14-25)26-15-16-27(31)28(18-26)35-4/h5-16,18,23-24H,17,19-21H2,1-4H3/t23-,24+/m0/s1. The van der Waals surface area contributed by atoms with Crippen LogP contribution in [0.15, 0.2) is 78.9 Å². The van der Waals surface area contributed by atoms with E-state index in [1.165, 1.54) is 5.56 Å². The van der Waals surface area contributed by atoms with Gasteiger partial charge in [0.25, 0.3) is 0 Å². The van der Waals surface area contributed by atoms with E-state index < -0.39 is 5.60 Å². The number of carbonyl (C=O) groups is 1. The number of likely N-dealkylation sites (tertiary alicyclic amines) is 1. The molecule has 0 aliphatic carbocycles. The molecule has 1 saturated heterocycles. The predicted molar refractivity (Wildman–Crippen MR) is 146 cm³/mol. The van der Waals surface area contributed by atoms with Crippen LogP contribution in [0.3, 0.4) is 0 Å². The van der Waals surface area contributed by atoms with Crippen molar-refractivity contribution in [3.8, 4) is 5.75 Å². The van der Waals surface area contributed by atoms with E-state index in [0.717, 1.165) is 24.3 Å². The van der Waals surface area contributed by atoms with Gasteiger partial charge in [0, 0.05) is 37.1 Å². The molecule has 1 heterocycles. The van der Waals surface area contributed by atoms with E-state index in [0.29, 0.717) is 29.8 Å². The molecule has 1 fully saturated rings. The molecule has 0 N–H and O–H groups in total. The van der Waals surface area contributed by atoms with E-state index >= 15 is 0 Å². The van der Waals surface area contributed by atoms with Crippen molar-refractivity contribution >= 4 is 29.1 Å². The molecule has 5 nitrogen and oxygen atoms in total. The molecule has 1 amide bonds. The molecule has 0 saturated carbocycles. The van der Waals surface area contributed by atoms with Gasteiger partial charge in [-0.3, -0.25) is 0 Å². The van der Waals surface area contributed by atoms with Gasteiger partial charge in [-0.15, -0.1) is 0 Å². The van der Waals surface area contributed by atoms with Crippen molar-refractivity contribution in [1.29, 1.82) is 0 Å². The average Bonchev–Trinajstić information content (AvgIpc) is 3.25. The van der Waals surface area contributed by atoms with Crippen LogP contribution in [0.1, 0.15) is 26.3 Å². The van der Waals surface area contributed by atoms with E-state index in [1.807, 2.05) is 68.1 Å². The van der Waals surface area contributed by atoms with E-state index in [2.05, 4.69) is 41.3 Å². The van der Waals surface area contributed by atoms with Gasteiger partial charge in [-0.1, -0.05) is 60.1 Å². The van der Waals surface area contributed by atoms with E-state index in [4.69, 9.17) is 21.1 Å². The molecule has 0 spiro atoms. The second-order valence-electron chi connectivity index (χ2n) is 10.4. The predicted octanol–water partition coefficient (Wildman–Crippen LogP) is 7.21. The van der Waals surface area contributed by atoms with Crippen LogP contribution in [0.5, 0.6) is 5.75 Å². The van der Waals surface area contributed by atoms with Gasteiger partial charge >= 0.3 is 6.09 Å². The van der Waals surface area contributed by atoms with Crippen molar-refractivity contribution in [3.63, 3.8) is 0 Å². The van der Waals surface area contributed by atoms with Crippen LogP contribution in [0, 0.1) is 11.8 Å². The van der Waals surface area contributed by atoms with Gasteiger partial charge in [-0.2, -0.15) is 0 Å². The van der Waals surface area contributed by atoms with Crippen LogP contribution >= 0.6 is 11.6 Å². The second kappa shape index (κ2) is 11.3. The minimum absolute atomic E-state index is 0.236. The normalized spacial score (nSPS) is 17.6. The largest absolute Gasteiger partial charge is 0.495 e. The minimum atomic E-state index is -0.528. The summed E-state index contributed by atoms with van der Waals surface area (Å²) in [5.74, 6) is 1.16. The molecule has 1 aliphatic heterocycles. The highest BCUT2D eigenvalue weighted by molar-refractivity contribution is 6.32. The first-order chi connectivity index (χ1) is 17.2.